The number of hydrogen-bond acceptors (Lipinski definition) is 6. The lowest BCUT2D eigenvalue weighted by molar-refractivity contribution is -0.156. The number of amides is 3. The van der Waals surface area contributed by atoms with Crippen LogP contribution in [0.3, 0.4) is 0 Å². The molecule has 0 aliphatic carbocycles. The molecule has 1 atom stereocenters. The van der Waals surface area contributed by atoms with Gasteiger partial charge in [-0.15, -0.1) is 11.3 Å². The van der Waals surface area contributed by atoms with Crippen LogP contribution in [0.15, 0.2) is 5.38 Å². The normalized spacial score (nSPS) is 15.9. The molecule has 1 aromatic heterocycles. The summed E-state index contributed by atoms with van der Waals surface area (Å²) in [5.74, 6) is -1.04. The van der Waals surface area contributed by atoms with Gasteiger partial charge in [0, 0.05) is 18.5 Å². The second-order valence-corrected chi connectivity index (χ2v) is 5.45. The maximum absolute atomic E-state index is 11.9. The first-order chi connectivity index (χ1) is 9.47. The minimum atomic E-state index is -0.980. The van der Waals surface area contributed by atoms with Crippen molar-refractivity contribution < 1.29 is 19.1 Å². The van der Waals surface area contributed by atoms with E-state index < -0.39 is 24.0 Å². The quantitative estimate of drug-likeness (QED) is 0.816. The molecule has 0 saturated carbocycles. The first-order valence-corrected chi connectivity index (χ1v) is 7.05. The Kier molecular flexibility index (Phi) is 4.33. The van der Waals surface area contributed by atoms with E-state index in [9.17, 15) is 14.4 Å². The molecule has 7 nitrogen and oxygen atoms in total. The lowest BCUT2D eigenvalue weighted by Gasteiger charge is -2.17. The molecular weight excluding hydrogens is 282 g/mol. The van der Waals surface area contributed by atoms with Crippen molar-refractivity contribution in [3.05, 3.63) is 16.1 Å². The summed E-state index contributed by atoms with van der Waals surface area (Å²) in [7, 11) is 0. The van der Waals surface area contributed by atoms with Crippen molar-refractivity contribution in [3.8, 4) is 0 Å². The third kappa shape index (κ3) is 3.32. The smallest absolute Gasteiger partial charge is 0.324 e. The number of carbonyl (C=O) groups excluding carboxylic acids is 3. The van der Waals surface area contributed by atoms with E-state index >= 15 is 0 Å². The third-order valence-electron chi connectivity index (χ3n) is 2.77. The van der Waals surface area contributed by atoms with Gasteiger partial charge in [-0.1, -0.05) is 0 Å². The summed E-state index contributed by atoms with van der Waals surface area (Å²) in [5.41, 5.74) is 0.621. The highest BCUT2D eigenvalue weighted by Gasteiger charge is 2.31. The van der Waals surface area contributed by atoms with Crippen LogP contribution in [0.25, 0.3) is 0 Å². The van der Waals surface area contributed by atoms with Gasteiger partial charge in [0.25, 0.3) is 5.91 Å². The number of thiazole rings is 1. The highest BCUT2D eigenvalue weighted by molar-refractivity contribution is 7.09. The molecule has 1 aliphatic rings. The summed E-state index contributed by atoms with van der Waals surface area (Å²) >= 11 is 1.45. The Bertz CT molecular complexity index is 543. The van der Waals surface area contributed by atoms with Crippen molar-refractivity contribution in [3.63, 3.8) is 0 Å². The summed E-state index contributed by atoms with van der Waals surface area (Å²) in [5, 5.41) is 5.16. The maximum atomic E-state index is 11.9. The zero-order chi connectivity index (χ0) is 14.7. The topological polar surface area (TPSA) is 88.6 Å². The Morgan fingerprint density at radius 3 is 2.90 bits per heavy atom. The maximum Gasteiger partial charge on any atom is 0.324 e. The van der Waals surface area contributed by atoms with Gasteiger partial charge in [-0.3, -0.25) is 14.5 Å². The monoisotopic (exact) mass is 297 g/mol. The number of carbonyl (C=O) groups is 3. The minimum absolute atomic E-state index is 0.0220. The number of hydrogen-bond donors (Lipinski definition) is 1. The Morgan fingerprint density at radius 2 is 2.35 bits per heavy atom. The van der Waals surface area contributed by atoms with Gasteiger partial charge in [0.05, 0.1) is 17.1 Å². The van der Waals surface area contributed by atoms with Gasteiger partial charge in [0.1, 0.15) is 0 Å². The van der Waals surface area contributed by atoms with E-state index in [1.165, 1.54) is 18.3 Å². The van der Waals surface area contributed by atoms with Crippen molar-refractivity contribution in [2.75, 3.05) is 13.1 Å². The number of rotatable bonds is 4. The molecule has 0 aromatic carbocycles. The van der Waals surface area contributed by atoms with Gasteiger partial charge in [-0.2, -0.15) is 0 Å². The summed E-state index contributed by atoms with van der Waals surface area (Å²) in [6, 6.07) is -0.451. The summed E-state index contributed by atoms with van der Waals surface area (Å²) in [6.07, 6.45) is -0.958. The van der Waals surface area contributed by atoms with Gasteiger partial charge < -0.3 is 10.1 Å². The number of esters is 1. The van der Waals surface area contributed by atoms with Crippen LogP contribution < -0.4 is 5.32 Å². The molecule has 0 spiro atoms. The van der Waals surface area contributed by atoms with Gasteiger partial charge in [0.2, 0.25) is 0 Å². The van der Waals surface area contributed by atoms with Crippen molar-refractivity contribution in [1.82, 2.24) is 15.2 Å². The van der Waals surface area contributed by atoms with E-state index in [0.29, 0.717) is 18.8 Å². The molecule has 3 amide bonds. The first kappa shape index (κ1) is 14.4. The lowest BCUT2D eigenvalue weighted by atomic mass is 10.3. The van der Waals surface area contributed by atoms with Crippen LogP contribution in [0, 0.1) is 6.92 Å². The third-order valence-corrected chi connectivity index (χ3v) is 3.59. The Labute approximate surface area is 119 Å². The van der Waals surface area contributed by atoms with Gasteiger partial charge in [-0.05, 0) is 13.8 Å². The molecule has 1 fully saturated rings. The predicted molar refractivity (Wildman–Crippen MR) is 71.2 cm³/mol. The second-order valence-electron chi connectivity index (χ2n) is 4.39. The summed E-state index contributed by atoms with van der Waals surface area (Å²) in [6.45, 7) is 4.02. The van der Waals surface area contributed by atoms with Gasteiger partial charge >= 0.3 is 12.0 Å². The summed E-state index contributed by atoms with van der Waals surface area (Å²) in [4.78, 5) is 40.2. The number of nitrogens with zero attached hydrogens (tertiary/aromatic N) is 2. The highest BCUT2D eigenvalue weighted by atomic mass is 32.1. The van der Waals surface area contributed by atoms with Crippen LogP contribution in [0.1, 0.15) is 17.6 Å². The predicted octanol–water partition coefficient (Wildman–Crippen LogP) is 0.478. The average molecular weight is 297 g/mol. The van der Waals surface area contributed by atoms with E-state index in [1.54, 1.807) is 5.38 Å². The van der Waals surface area contributed by atoms with Crippen LogP contribution in [0.5, 0.6) is 0 Å². The Balaban J connectivity index is 1.87. The van der Waals surface area contributed by atoms with Crippen molar-refractivity contribution >= 4 is 29.2 Å². The fourth-order valence-electron chi connectivity index (χ4n) is 1.83. The number of urea groups is 1. The van der Waals surface area contributed by atoms with Crippen molar-refractivity contribution in [2.24, 2.45) is 0 Å². The first-order valence-electron chi connectivity index (χ1n) is 6.17. The number of nitrogens with one attached hydrogen (secondary N) is 1. The lowest BCUT2D eigenvalue weighted by Crippen LogP contribution is -2.42. The average Bonchev–Trinajstić information content (AvgIpc) is 2.97. The standard InChI is InChI=1S/C12H15N3O4S/c1-7(11(17)15-4-3-13-12(15)18)19-10(16)5-9-6-20-8(2)14-9/h6-7H,3-5H2,1-2H3,(H,13,18). The van der Waals surface area contributed by atoms with Crippen LogP contribution in [0.4, 0.5) is 4.79 Å². The van der Waals surface area contributed by atoms with E-state index in [2.05, 4.69) is 10.3 Å². The zero-order valence-electron chi connectivity index (χ0n) is 11.2. The molecule has 20 heavy (non-hydrogen) atoms. The molecule has 1 aromatic rings. The van der Waals surface area contributed by atoms with Crippen LogP contribution >= 0.6 is 11.3 Å². The molecule has 1 aliphatic heterocycles. The largest absolute Gasteiger partial charge is 0.452 e. The SMILES string of the molecule is Cc1nc(CC(=O)OC(C)C(=O)N2CCNC2=O)cs1. The Morgan fingerprint density at radius 1 is 1.60 bits per heavy atom. The van der Waals surface area contributed by atoms with E-state index in [-0.39, 0.29) is 6.42 Å². The Hall–Kier alpha value is -1.96. The molecular formula is C12H15N3O4S. The number of aryl methyl sites for hydroxylation is 1. The van der Waals surface area contributed by atoms with Crippen molar-refractivity contribution in [2.45, 2.75) is 26.4 Å². The van der Waals surface area contributed by atoms with E-state index in [0.717, 1.165) is 9.91 Å². The van der Waals surface area contributed by atoms with Crippen molar-refractivity contribution in [1.29, 1.82) is 0 Å². The molecule has 1 N–H and O–H groups in total. The highest BCUT2D eigenvalue weighted by Crippen LogP contribution is 2.10. The van der Waals surface area contributed by atoms with Crippen LogP contribution in [0.2, 0.25) is 0 Å². The molecule has 2 heterocycles. The molecule has 0 bridgehead atoms. The van der Waals surface area contributed by atoms with E-state index in [4.69, 9.17) is 4.74 Å². The van der Waals surface area contributed by atoms with Crippen LogP contribution in [-0.2, 0) is 20.7 Å². The number of ether oxygens (including phenoxy) is 1. The van der Waals surface area contributed by atoms with Gasteiger partial charge in [0.15, 0.2) is 6.10 Å². The van der Waals surface area contributed by atoms with Gasteiger partial charge in [-0.25, -0.2) is 9.78 Å². The zero-order valence-corrected chi connectivity index (χ0v) is 12.0. The number of imide groups is 1. The molecule has 8 heteroatoms. The molecule has 1 unspecified atom stereocenters. The molecule has 1 saturated heterocycles. The molecule has 108 valence electrons. The fourth-order valence-corrected chi connectivity index (χ4v) is 2.44. The molecule has 2 rings (SSSR count). The van der Waals surface area contributed by atoms with Crippen LogP contribution in [-0.4, -0.2) is 47.0 Å². The number of aromatic nitrogens is 1. The fraction of sp³-hybridized carbons (Fsp3) is 0.500. The van der Waals surface area contributed by atoms with E-state index in [1.807, 2.05) is 6.92 Å². The minimum Gasteiger partial charge on any atom is -0.452 e. The second kappa shape index (κ2) is 6.00. The molecule has 0 radical (unpaired) electrons. The summed E-state index contributed by atoms with van der Waals surface area (Å²) < 4.78 is 5.04.